The maximum atomic E-state index is 12.5. The van der Waals surface area contributed by atoms with Gasteiger partial charge in [0, 0.05) is 11.6 Å². The largest absolute Gasteiger partial charge is 0.341 e. The van der Waals surface area contributed by atoms with Gasteiger partial charge in [-0.1, -0.05) is 20.8 Å². The third-order valence-corrected chi connectivity index (χ3v) is 3.64. The average molecular weight is 292 g/mol. The Bertz CT molecular complexity index is 580. The Balaban J connectivity index is 3.22. The van der Waals surface area contributed by atoms with E-state index in [1.807, 2.05) is 0 Å². The molecule has 0 saturated carbocycles. The van der Waals surface area contributed by atoms with E-state index in [2.05, 4.69) is 10.3 Å². The highest BCUT2D eigenvalue weighted by Crippen LogP contribution is 2.25. The van der Waals surface area contributed by atoms with Crippen molar-refractivity contribution in [3.63, 3.8) is 0 Å². The molecule has 0 fully saturated rings. The first-order chi connectivity index (χ1) is 8.56. The molecule has 1 rings (SSSR count). The van der Waals surface area contributed by atoms with Gasteiger partial charge in [0.15, 0.2) is 5.82 Å². The molecule has 0 unspecified atom stereocenters. The summed E-state index contributed by atoms with van der Waals surface area (Å²) in [4.78, 5) is 14.7. The summed E-state index contributed by atoms with van der Waals surface area (Å²) < 4.78 is 47.9. The van der Waals surface area contributed by atoms with Gasteiger partial charge in [-0.05, 0) is 12.1 Å². The highest BCUT2D eigenvalue weighted by atomic mass is 32.2. The zero-order valence-corrected chi connectivity index (χ0v) is 11.5. The van der Waals surface area contributed by atoms with Crippen molar-refractivity contribution >= 4 is 21.6 Å². The highest BCUT2D eigenvalue weighted by molar-refractivity contribution is 7.91. The molecule has 1 aromatic heterocycles. The smallest absolute Gasteiger partial charge is 0.309 e. The van der Waals surface area contributed by atoms with Gasteiger partial charge in [-0.3, -0.25) is 4.79 Å². The number of carbonyl (C=O) groups excluding carboxylic acids is 1. The van der Waals surface area contributed by atoms with Gasteiger partial charge in [-0.15, -0.1) is 0 Å². The SMILES string of the molecule is CC(C)(C)C(=O)Nc1ncccc1S(=O)(=O)C(F)F. The zero-order valence-electron chi connectivity index (χ0n) is 10.6. The molecule has 19 heavy (non-hydrogen) atoms. The van der Waals surface area contributed by atoms with Crippen molar-refractivity contribution in [1.82, 2.24) is 4.98 Å². The van der Waals surface area contributed by atoms with E-state index in [0.29, 0.717) is 0 Å². The number of sulfone groups is 1. The van der Waals surface area contributed by atoms with Gasteiger partial charge in [0.25, 0.3) is 0 Å². The van der Waals surface area contributed by atoms with Crippen LogP contribution in [0.4, 0.5) is 14.6 Å². The van der Waals surface area contributed by atoms with Crippen LogP contribution in [-0.2, 0) is 14.6 Å². The molecule has 106 valence electrons. The van der Waals surface area contributed by atoms with Crippen LogP contribution in [0, 0.1) is 5.41 Å². The minimum Gasteiger partial charge on any atom is -0.309 e. The van der Waals surface area contributed by atoms with E-state index in [4.69, 9.17) is 0 Å². The molecule has 0 atom stereocenters. The summed E-state index contributed by atoms with van der Waals surface area (Å²) in [6, 6.07) is 2.19. The number of carbonyl (C=O) groups is 1. The number of nitrogens with one attached hydrogen (secondary N) is 1. The molecule has 8 heteroatoms. The monoisotopic (exact) mass is 292 g/mol. The topological polar surface area (TPSA) is 76.1 Å². The number of amides is 1. The number of hydrogen-bond donors (Lipinski definition) is 1. The van der Waals surface area contributed by atoms with Crippen LogP contribution >= 0.6 is 0 Å². The van der Waals surface area contributed by atoms with E-state index in [1.54, 1.807) is 20.8 Å². The van der Waals surface area contributed by atoms with Crippen molar-refractivity contribution < 1.29 is 22.0 Å². The van der Waals surface area contributed by atoms with Crippen molar-refractivity contribution in [2.75, 3.05) is 5.32 Å². The average Bonchev–Trinajstić information content (AvgIpc) is 2.28. The van der Waals surface area contributed by atoms with Crippen LogP contribution in [0.5, 0.6) is 0 Å². The lowest BCUT2D eigenvalue weighted by molar-refractivity contribution is -0.123. The molecule has 0 spiro atoms. The number of hydrogen-bond acceptors (Lipinski definition) is 4. The second kappa shape index (κ2) is 5.20. The molecule has 5 nitrogen and oxygen atoms in total. The van der Waals surface area contributed by atoms with Gasteiger partial charge in [-0.2, -0.15) is 8.78 Å². The first-order valence-electron chi connectivity index (χ1n) is 5.35. The minimum absolute atomic E-state index is 0.386. The minimum atomic E-state index is -4.81. The third kappa shape index (κ3) is 3.46. The molecule has 1 N–H and O–H groups in total. The molecular weight excluding hydrogens is 278 g/mol. The fourth-order valence-electron chi connectivity index (χ4n) is 1.11. The summed E-state index contributed by atoms with van der Waals surface area (Å²) >= 11 is 0. The predicted octanol–water partition coefficient (Wildman–Crippen LogP) is 2.06. The Morgan fingerprint density at radius 2 is 1.95 bits per heavy atom. The Morgan fingerprint density at radius 3 is 2.42 bits per heavy atom. The van der Waals surface area contributed by atoms with Gasteiger partial charge in [0.05, 0.1) is 0 Å². The predicted molar refractivity (Wildman–Crippen MR) is 65.5 cm³/mol. The van der Waals surface area contributed by atoms with E-state index in [1.165, 1.54) is 12.3 Å². The number of alkyl halides is 2. The third-order valence-electron chi connectivity index (χ3n) is 2.22. The molecular formula is C11H14F2N2O3S. The maximum Gasteiger partial charge on any atom is 0.341 e. The van der Waals surface area contributed by atoms with Crippen LogP contribution < -0.4 is 5.32 Å². The lowest BCUT2D eigenvalue weighted by Gasteiger charge is -2.18. The zero-order chi connectivity index (χ0) is 14.8. The molecule has 0 radical (unpaired) electrons. The van der Waals surface area contributed by atoms with Crippen molar-refractivity contribution in [3.05, 3.63) is 18.3 Å². The molecule has 0 saturated heterocycles. The lowest BCUT2D eigenvalue weighted by atomic mass is 9.96. The Kier molecular flexibility index (Phi) is 4.24. The first-order valence-corrected chi connectivity index (χ1v) is 6.90. The van der Waals surface area contributed by atoms with E-state index in [-0.39, 0.29) is 5.82 Å². The van der Waals surface area contributed by atoms with Crippen LogP contribution in [0.2, 0.25) is 0 Å². The van der Waals surface area contributed by atoms with Gasteiger partial charge >= 0.3 is 5.76 Å². The fraction of sp³-hybridized carbons (Fsp3) is 0.455. The van der Waals surface area contributed by atoms with Gasteiger partial charge in [0.1, 0.15) is 4.90 Å². The Morgan fingerprint density at radius 1 is 1.37 bits per heavy atom. The summed E-state index contributed by atoms with van der Waals surface area (Å²) in [5.74, 6) is -4.47. The normalized spacial score (nSPS) is 12.5. The fourth-order valence-corrected chi connectivity index (χ4v) is 1.94. The van der Waals surface area contributed by atoms with Gasteiger partial charge in [0.2, 0.25) is 15.7 Å². The van der Waals surface area contributed by atoms with Crippen LogP contribution in [0.3, 0.4) is 0 Å². The number of anilines is 1. The van der Waals surface area contributed by atoms with Gasteiger partial charge < -0.3 is 5.32 Å². The standard InChI is InChI=1S/C11H14F2N2O3S/c1-11(2,3)9(16)15-8-7(5-4-6-14-8)19(17,18)10(12)13/h4-6,10H,1-3H3,(H,14,15,16). The van der Waals surface area contributed by atoms with Crippen molar-refractivity contribution in [2.24, 2.45) is 5.41 Å². The summed E-state index contributed by atoms with van der Waals surface area (Å²) in [5.41, 5.74) is -0.802. The first kappa shape index (κ1) is 15.5. The quantitative estimate of drug-likeness (QED) is 0.925. The number of pyridine rings is 1. The lowest BCUT2D eigenvalue weighted by Crippen LogP contribution is -2.29. The molecule has 1 amide bonds. The van der Waals surface area contributed by atoms with E-state index in [0.717, 1.165) is 6.07 Å². The number of aromatic nitrogens is 1. The second-order valence-corrected chi connectivity index (χ2v) is 6.75. The summed E-state index contributed by atoms with van der Waals surface area (Å²) in [6.07, 6.45) is 1.21. The van der Waals surface area contributed by atoms with Gasteiger partial charge in [-0.25, -0.2) is 13.4 Å². The molecule has 1 heterocycles. The van der Waals surface area contributed by atoms with Crippen LogP contribution in [0.25, 0.3) is 0 Å². The summed E-state index contributed by atoms with van der Waals surface area (Å²) in [7, 11) is -4.81. The van der Waals surface area contributed by atoms with E-state index >= 15 is 0 Å². The number of rotatable bonds is 3. The number of nitrogens with zero attached hydrogens (tertiary/aromatic N) is 1. The molecule has 1 aromatic rings. The van der Waals surface area contributed by atoms with Crippen LogP contribution in [0.15, 0.2) is 23.2 Å². The van der Waals surface area contributed by atoms with E-state index in [9.17, 15) is 22.0 Å². The molecule has 0 aliphatic rings. The summed E-state index contributed by atoms with van der Waals surface area (Å²) in [5, 5.41) is 2.25. The molecule has 0 bridgehead atoms. The highest BCUT2D eigenvalue weighted by Gasteiger charge is 2.31. The Labute approximate surface area is 110 Å². The van der Waals surface area contributed by atoms with E-state index < -0.39 is 31.8 Å². The van der Waals surface area contributed by atoms with Crippen molar-refractivity contribution in [3.8, 4) is 0 Å². The molecule has 0 aliphatic carbocycles. The molecule has 0 aromatic carbocycles. The van der Waals surface area contributed by atoms with Crippen LogP contribution in [0.1, 0.15) is 20.8 Å². The number of halogens is 2. The second-order valence-electron chi connectivity index (χ2n) is 4.86. The Hall–Kier alpha value is -1.57. The summed E-state index contributed by atoms with van der Waals surface area (Å²) in [6.45, 7) is 4.81. The van der Waals surface area contributed by atoms with Crippen molar-refractivity contribution in [2.45, 2.75) is 31.4 Å². The van der Waals surface area contributed by atoms with Crippen molar-refractivity contribution in [1.29, 1.82) is 0 Å². The maximum absolute atomic E-state index is 12.5. The molecule has 0 aliphatic heterocycles. The van der Waals surface area contributed by atoms with Crippen LogP contribution in [-0.4, -0.2) is 25.1 Å².